The summed E-state index contributed by atoms with van der Waals surface area (Å²) in [4.78, 5) is 72.4. The van der Waals surface area contributed by atoms with Crippen LogP contribution in [0.4, 0.5) is 0 Å². The molecule has 3 unspecified atom stereocenters. The molecule has 0 fully saturated rings. The molecule has 0 aliphatic heterocycles. The second kappa shape index (κ2) is 62.2. The van der Waals surface area contributed by atoms with E-state index in [0.717, 1.165) is 115 Å². The summed E-state index contributed by atoms with van der Waals surface area (Å²) in [6.45, 7) is 9.51. The quantitative estimate of drug-likeness (QED) is 0.0222. The Labute approximate surface area is 543 Å². The molecule has 0 amide bonds. The number of carbonyl (C=O) groups is 4. The first kappa shape index (κ1) is 87.1. The van der Waals surface area contributed by atoms with Crippen LogP contribution in [0.25, 0.3) is 0 Å². The topological polar surface area (TPSA) is 237 Å². The summed E-state index contributed by atoms with van der Waals surface area (Å²) in [6, 6.07) is 0. The van der Waals surface area contributed by atoms with Gasteiger partial charge in [-0.3, -0.25) is 37.3 Å². The smallest absolute Gasteiger partial charge is 0.462 e. The Bertz CT molecular complexity index is 1740. The highest BCUT2D eigenvalue weighted by Crippen LogP contribution is 2.45. The minimum Gasteiger partial charge on any atom is -0.462 e. The second-order valence-electron chi connectivity index (χ2n) is 26.0. The van der Waals surface area contributed by atoms with Gasteiger partial charge in [0.15, 0.2) is 12.2 Å². The summed E-state index contributed by atoms with van der Waals surface area (Å²) >= 11 is 0. The summed E-state index contributed by atoms with van der Waals surface area (Å²) in [6.07, 6.45) is 47.2. The van der Waals surface area contributed by atoms with E-state index in [9.17, 15) is 43.2 Å². The lowest BCUT2D eigenvalue weighted by Gasteiger charge is -2.21. The average molecular weight is 1310 g/mol. The molecule has 0 spiro atoms. The number of esters is 4. The third kappa shape index (κ3) is 63.2. The average Bonchev–Trinajstić information content (AvgIpc) is 3.71. The Morgan fingerprint density at radius 3 is 0.854 bits per heavy atom. The van der Waals surface area contributed by atoms with Gasteiger partial charge in [0.1, 0.15) is 19.3 Å². The van der Waals surface area contributed by atoms with Gasteiger partial charge in [0.25, 0.3) is 0 Å². The lowest BCUT2D eigenvalue weighted by molar-refractivity contribution is -0.161. The third-order valence-corrected chi connectivity index (χ3v) is 18.5. The van der Waals surface area contributed by atoms with Crippen LogP contribution < -0.4 is 0 Å². The van der Waals surface area contributed by atoms with Crippen LogP contribution in [0.1, 0.15) is 356 Å². The number of hydrogen-bond acceptors (Lipinski definition) is 15. The van der Waals surface area contributed by atoms with Crippen molar-refractivity contribution in [1.82, 2.24) is 0 Å². The van der Waals surface area contributed by atoms with Crippen LogP contribution in [-0.4, -0.2) is 96.7 Å². The van der Waals surface area contributed by atoms with E-state index in [4.69, 9.17) is 37.0 Å². The van der Waals surface area contributed by atoms with Crippen molar-refractivity contribution in [2.45, 2.75) is 374 Å². The Morgan fingerprint density at radius 1 is 0.326 bits per heavy atom. The van der Waals surface area contributed by atoms with Gasteiger partial charge in [-0.1, -0.05) is 305 Å². The van der Waals surface area contributed by atoms with Crippen LogP contribution in [0.3, 0.4) is 0 Å². The van der Waals surface area contributed by atoms with Crippen LogP contribution in [-0.2, 0) is 65.4 Å². The molecular weight excluding hydrogens is 1170 g/mol. The molecule has 0 aliphatic carbocycles. The monoisotopic (exact) mass is 1310 g/mol. The molecule has 0 saturated carbocycles. The number of carbonyl (C=O) groups excluding carboxylic acids is 4. The number of unbranched alkanes of at least 4 members (excludes halogenated alkanes) is 38. The van der Waals surface area contributed by atoms with Crippen molar-refractivity contribution >= 4 is 39.5 Å². The molecule has 0 radical (unpaired) electrons. The van der Waals surface area contributed by atoms with E-state index < -0.39 is 97.5 Å². The van der Waals surface area contributed by atoms with Gasteiger partial charge in [-0.15, -0.1) is 0 Å². The first-order valence-corrected chi connectivity index (χ1v) is 39.5. The molecule has 0 rings (SSSR count). The molecule has 528 valence electrons. The predicted molar refractivity (Wildman–Crippen MR) is 358 cm³/mol. The summed E-state index contributed by atoms with van der Waals surface area (Å²) in [7, 11) is -9.90. The fourth-order valence-corrected chi connectivity index (χ4v) is 12.1. The van der Waals surface area contributed by atoms with Crippen LogP contribution >= 0.6 is 15.6 Å². The minimum atomic E-state index is -4.95. The van der Waals surface area contributed by atoms with E-state index in [1.165, 1.54) is 161 Å². The standard InChI is InChI=1S/C70H136O17P2/c1-7-10-12-14-16-17-18-19-20-21-22-25-29-36-42-48-54-69(74)86-66(59-81-68(73)53-47-41-35-28-26-23-24-27-33-38-44-50-62(4)5)61-85-89(78,79)83-57-64(71)56-82-88(76,77)84-60-65(58-80-67(72)52-46-40-32-15-13-11-8-2)87-70(75)55-49-43-37-31-30-34-39-45-51-63(6)9-3/h62-66,71H,7-61H2,1-6H3,(H,76,77)(H,78,79)/t63?,64-,65+,66+/m0/s1. The fourth-order valence-electron chi connectivity index (χ4n) is 10.6. The van der Waals surface area contributed by atoms with Crippen molar-refractivity contribution in [3.63, 3.8) is 0 Å². The van der Waals surface area contributed by atoms with Gasteiger partial charge in [0.05, 0.1) is 26.4 Å². The zero-order valence-electron chi connectivity index (χ0n) is 57.7. The molecule has 19 heteroatoms. The van der Waals surface area contributed by atoms with Crippen LogP contribution in [0, 0.1) is 11.8 Å². The molecule has 0 bridgehead atoms. The highest BCUT2D eigenvalue weighted by Gasteiger charge is 2.30. The van der Waals surface area contributed by atoms with E-state index in [0.29, 0.717) is 25.7 Å². The van der Waals surface area contributed by atoms with Crippen molar-refractivity contribution in [3.8, 4) is 0 Å². The molecule has 0 aromatic heterocycles. The highest BCUT2D eigenvalue weighted by molar-refractivity contribution is 7.47. The number of aliphatic hydroxyl groups excluding tert-OH is 1. The Hall–Kier alpha value is -1.94. The van der Waals surface area contributed by atoms with E-state index >= 15 is 0 Å². The highest BCUT2D eigenvalue weighted by atomic mass is 31.2. The van der Waals surface area contributed by atoms with Crippen LogP contribution in [0.15, 0.2) is 0 Å². The first-order chi connectivity index (χ1) is 42.9. The summed E-state index contributed by atoms with van der Waals surface area (Å²) in [5, 5.41) is 10.6. The van der Waals surface area contributed by atoms with Crippen molar-refractivity contribution in [3.05, 3.63) is 0 Å². The zero-order chi connectivity index (χ0) is 65.7. The molecule has 17 nitrogen and oxygen atoms in total. The number of phosphoric acid groups is 2. The Balaban J connectivity index is 5.22. The minimum absolute atomic E-state index is 0.105. The van der Waals surface area contributed by atoms with Crippen molar-refractivity contribution in [2.75, 3.05) is 39.6 Å². The fraction of sp³-hybridized carbons (Fsp3) is 0.943. The number of hydrogen-bond donors (Lipinski definition) is 3. The van der Waals surface area contributed by atoms with E-state index in [1.54, 1.807) is 0 Å². The van der Waals surface area contributed by atoms with Crippen LogP contribution in [0.2, 0.25) is 0 Å². The third-order valence-electron chi connectivity index (χ3n) is 16.6. The Kier molecular flexibility index (Phi) is 60.8. The molecule has 89 heavy (non-hydrogen) atoms. The van der Waals surface area contributed by atoms with Gasteiger partial charge in [-0.05, 0) is 37.5 Å². The van der Waals surface area contributed by atoms with Gasteiger partial charge in [0, 0.05) is 25.7 Å². The molecule has 0 aromatic carbocycles. The van der Waals surface area contributed by atoms with Gasteiger partial charge in [0.2, 0.25) is 0 Å². The lowest BCUT2D eigenvalue weighted by Crippen LogP contribution is -2.30. The SMILES string of the molecule is CCCCCCCCCCCCCCCCCCC(=O)O[C@H](COC(=O)CCCCCCCCCCCCCC(C)C)COP(=O)(O)OC[C@@H](O)COP(=O)(O)OC[C@@H](COC(=O)CCCCCCCCC)OC(=O)CCCCCCCCCCC(C)CC. The second-order valence-corrected chi connectivity index (χ2v) is 28.9. The van der Waals surface area contributed by atoms with E-state index in [2.05, 4.69) is 41.5 Å². The van der Waals surface area contributed by atoms with Crippen molar-refractivity contribution in [1.29, 1.82) is 0 Å². The van der Waals surface area contributed by atoms with Crippen molar-refractivity contribution in [2.24, 2.45) is 11.8 Å². The maximum absolute atomic E-state index is 13.0. The van der Waals surface area contributed by atoms with E-state index in [-0.39, 0.29) is 25.7 Å². The maximum Gasteiger partial charge on any atom is 0.472 e. The zero-order valence-corrected chi connectivity index (χ0v) is 59.5. The van der Waals surface area contributed by atoms with Gasteiger partial charge >= 0.3 is 39.5 Å². The summed E-state index contributed by atoms with van der Waals surface area (Å²) in [5.41, 5.74) is 0. The molecule has 0 saturated heterocycles. The molecule has 0 aromatic rings. The van der Waals surface area contributed by atoms with Crippen molar-refractivity contribution < 1.29 is 80.2 Å². The molecule has 6 atom stereocenters. The van der Waals surface area contributed by atoms with E-state index in [1.807, 2.05) is 0 Å². The van der Waals surface area contributed by atoms with Gasteiger partial charge < -0.3 is 33.8 Å². The molecule has 3 N–H and O–H groups in total. The Morgan fingerprint density at radius 2 is 0.573 bits per heavy atom. The number of phosphoric ester groups is 2. The molecule has 0 heterocycles. The largest absolute Gasteiger partial charge is 0.472 e. The number of ether oxygens (including phenoxy) is 4. The number of aliphatic hydroxyl groups is 1. The van der Waals surface area contributed by atoms with Gasteiger partial charge in [-0.2, -0.15) is 0 Å². The maximum atomic E-state index is 13.0. The summed E-state index contributed by atoms with van der Waals surface area (Å²) in [5.74, 6) is -0.588. The first-order valence-electron chi connectivity index (χ1n) is 36.5. The van der Waals surface area contributed by atoms with Gasteiger partial charge in [-0.25, -0.2) is 9.13 Å². The number of rotatable bonds is 69. The lowest BCUT2D eigenvalue weighted by atomic mass is 9.99. The summed E-state index contributed by atoms with van der Waals surface area (Å²) < 4.78 is 68.2. The molecule has 0 aliphatic rings. The predicted octanol–water partition coefficient (Wildman–Crippen LogP) is 20.0. The normalized spacial score (nSPS) is 14.4. The van der Waals surface area contributed by atoms with Crippen LogP contribution in [0.5, 0.6) is 0 Å². The molecular formula is C70H136O17P2.